The van der Waals surface area contributed by atoms with Crippen LogP contribution in [0.25, 0.3) is 0 Å². The molecule has 0 amide bonds. The van der Waals surface area contributed by atoms with E-state index in [1.807, 2.05) is 0 Å². The fraction of sp³-hybridized carbons (Fsp3) is 0.800. The SMILES string of the molecule is C=[NH+]CC(C)C. The van der Waals surface area contributed by atoms with E-state index in [4.69, 9.17) is 0 Å². The zero-order valence-electron chi connectivity index (χ0n) is 4.49. The Bertz CT molecular complexity index is 39.2. The molecule has 0 aromatic carbocycles. The lowest BCUT2D eigenvalue weighted by Gasteiger charge is -1.87. The van der Waals surface area contributed by atoms with Gasteiger partial charge in [0, 0.05) is 5.92 Å². The predicted molar refractivity (Wildman–Crippen MR) is 27.8 cm³/mol. The normalized spacial score (nSPS) is 9.17. The Labute approximate surface area is 39.1 Å². The van der Waals surface area contributed by atoms with E-state index >= 15 is 0 Å². The van der Waals surface area contributed by atoms with Crippen LogP contribution in [0.3, 0.4) is 0 Å². The Morgan fingerprint density at radius 3 is 2.17 bits per heavy atom. The van der Waals surface area contributed by atoms with Gasteiger partial charge < -0.3 is 0 Å². The van der Waals surface area contributed by atoms with Crippen molar-refractivity contribution in [3.05, 3.63) is 0 Å². The van der Waals surface area contributed by atoms with Crippen LogP contribution in [0.5, 0.6) is 0 Å². The second-order valence-corrected chi connectivity index (χ2v) is 1.85. The largest absolute Gasteiger partial charge is 0.254 e. The Kier molecular flexibility index (Phi) is 2.73. The summed E-state index contributed by atoms with van der Waals surface area (Å²) in [5.41, 5.74) is 0. The van der Waals surface area contributed by atoms with Gasteiger partial charge in [0.15, 0.2) is 0 Å². The van der Waals surface area contributed by atoms with Gasteiger partial charge in [0.05, 0.1) is 0 Å². The summed E-state index contributed by atoms with van der Waals surface area (Å²) in [6, 6.07) is 0. The summed E-state index contributed by atoms with van der Waals surface area (Å²) in [6.45, 7) is 8.79. The zero-order chi connectivity index (χ0) is 4.99. The summed E-state index contributed by atoms with van der Waals surface area (Å²) in [6.07, 6.45) is 0. The van der Waals surface area contributed by atoms with Crippen LogP contribution in [0.15, 0.2) is 0 Å². The molecule has 0 saturated heterocycles. The van der Waals surface area contributed by atoms with Crippen molar-refractivity contribution in [2.24, 2.45) is 5.92 Å². The van der Waals surface area contributed by atoms with Crippen molar-refractivity contribution in [2.75, 3.05) is 6.54 Å². The van der Waals surface area contributed by atoms with Crippen LogP contribution in [0, 0.1) is 5.92 Å². The number of rotatable bonds is 2. The van der Waals surface area contributed by atoms with E-state index in [9.17, 15) is 0 Å². The maximum atomic E-state index is 3.48. The van der Waals surface area contributed by atoms with Gasteiger partial charge in [0.2, 0.25) is 0 Å². The van der Waals surface area contributed by atoms with Crippen molar-refractivity contribution < 1.29 is 4.99 Å². The molecule has 0 spiro atoms. The van der Waals surface area contributed by atoms with Gasteiger partial charge in [-0.05, 0) is 0 Å². The average Bonchev–Trinajstić information content (AvgIpc) is 1.35. The van der Waals surface area contributed by atoms with Crippen LogP contribution < -0.4 is 4.99 Å². The molecule has 1 heteroatoms. The van der Waals surface area contributed by atoms with Crippen LogP contribution in [0.4, 0.5) is 0 Å². The lowest BCUT2D eigenvalue weighted by atomic mass is 10.2. The van der Waals surface area contributed by atoms with Crippen LogP contribution >= 0.6 is 0 Å². The zero-order valence-corrected chi connectivity index (χ0v) is 4.49. The molecule has 6 heavy (non-hydrogen) atoms. The lowest BCUT2D eigenvalue weighted by Crippen LogP contribution is -2.67. The van der Waals surface area contributed by atoms with Gasteiger partial charge in [-0.2, -0.15) is 0 Å². The Hall–Kier alpha value is -0.330. The molecule has 0 unspecified atom stereocenters. The minimum absolute atomic E-state index is 0.725. The number of nitrogens with one attached hydrogen (secondary N) is 1. The summed E-state index contributed by atoms with van der Waals surface area (Å²) in [4.78, 5) is 2.82. The molecular weight excluding hydrogens is 74.1 g/mol. The van der Waals surface area contributed by atoms with Gasteiger partial charge in [-0.1, -0.05) is 13.8 Å². The first-order valence-electron chi connectivity index (χ1n) is 2.27. The van der Waals surface area contributed by atoms with Crippen molar-refractivity contribution in [1.82, 2.24) is 0 Å². The lowest BCUT2D eigenvalue weighted by molar-refractivity contribution is -0.454. The number of hydrogen-bond acceptors (Lipinski definition) is 0. The maximum Gasteiger partial charge on any atom is 0.142 e. The molecule has 0 fully saturated rings. The smallest absolute Gasteiger partial charge is 0.142 e. The molecule has 0 saturated carbocycles. The second-order valence-electron chi connectivity index (χ2n) is 1.85. The molecule has 0 atom stereocenters. The van der Waals surface area contributed by atoms with E-state index < -0.39 is 0 Å². The molecule has 0 rings (SSSR count). The molecule has 36 valence electrons. The molecule has 0 aliphatic carbocycles. The van der Waals surface area contributed by atoms with E-state index in [-0.39, 0.29) is 0 Å². The minimum atomic E-state index is 0.725. The van der Waals surface area contributed by atoms with Crippen LogP contribution in [-0.4, -0.2) is 13.3 Å². The van der Waals surface area contributed by atoms with Gasteiger partial charge >= 0.3 is 0 Å². The highest BCUT2D eigenvalue weighted by Crippen LogP contribution is 1.80. The van der Waals surface area contributed by atoms with E-state index in [2.05, 4.69) is 25.6 Å². The van der Waals surface area contributed by atoms with Gasteiger partial charge in [-0.3, -0.25) is 4.99 Å². The fourth-order valence-corrected chi connectivity index (χ4v) is 0.289. The highest BCUT2D eigenvalue weighted by molar-refractivity contribution is 5.12. The van der Waals surface area contributed by atoms with Gasteiger partial charge in [0.25, 0.3) is 0 Å². The standard InChI is InChI=1S/C5H11N/c1-5(2)4-6-3/h5H,3-4H2,1-2H3/p+1. The van der Waals surface area contributed by atoms with E-state index in [0.29, 0.717) is 0 Å². The Morgan fingerprint density at radius 2 is 2.17 bits per heavy atom. The van der Waals surface area contributed by atoms with Crippen LogP contribution in [0.2, 0.25) is 0 Å². The van der Waals surface area contributed by atoms with Crippen LogP contribution in [0.1, 0.15) is 13.8 Å². The van der Waals surface area contributed by atoms with Crippen molar-refractivity contribution in [1.29, 1.82) is 0 Å². The third-order valence-corrected chi connectivity index (χ3v) is 0.553. The Balaban J connectivity index is 2.81. The second kappa shape index (κ2) is 2.88. The molecule has 0 aliphatic heterocycles. The topological polar surface area (TPSA) is 14.0 Å². The summed E-state index contributed by atoms with van der Waals surface area (Å²) in [7, 11) is 0. The summed E-state index contributed by atoms with van der Waals surface area (Å²) in [5.74, 6) is 0.725. The molecule has 0 aromatic heterocycles. The first-order chi connectivity index (χ1) is 2.77. The monoisotopic (exact) mass is 86.1 g/mol. The molecule has 0 radical (unpaired) electrons. The molecule has 1 N–H and O–H groups in total. The maximum absolute atomic E-state index is 3.48. The van der Waals surface area contributed by atoms with Gasteiger partial charge in [-0.15, -0.1) is 0 Å². The van der Waals surface area contributed by atoms with E-state index in [1.165, 1.54) is 0 Å². The fourth-order valence-electron chi connectivity index (χ4n) is 0.289. The van der Waals surface area contributed by atoms with Crippen molar-refractivity contribution >= 4 is 6.72 Å². The van der Waals surface area contributed by atoms with Crippen molar-refractivity contribution in [3.63, 3.8) is 0 Å². The molecule has 1 nitrogen and oxygen atoms in total. The Morgan fingerprint density at radius 1 is 1.67 bits per heavy atom. The highest BCUT2D eigenvalue weighted by atomic mass is 14.7. The number of hydrogen-bond donors (Lipinski definition) is 1. The molecule has 0 heterocycles. The highest BCUT2D eigenvalue weighted by Gasteiger charge is 1.88. The molecule has 0 aliphatic rings. The summed E-state index contributed by atoms with van der Waals surface area (Å²) >= 11 is 0. The third-order valence-electron chi connectivity index (χ3n) is 0.553. The summed E-state index contributed by atoms with van der Waals surface area (Å²) < 4.78 is 0. The van der Waals surface area contributed by atoms with E-state index in [1.54, 1.807) is 0 Å². The average molecular weight is 86.2 g/mol. The van der Waals surface area contributed by atoms with Crippen LogP contribution in [-0.2, 0) is 0 Å². The third kappa shape index (κ3) is 3.67. The molecular formula is C5H12N+. The van der Waals surface area contributed by atoms with E-state index in [0.717, 1.165) is 12.5 Å². The quantitative estimate of drug-likeness (QED) is 0.432. The first-order valence-corrected chi connectivity index (χ1v) is 2.27. The van der Waals surface area contributed by atoms with Gasteiger partial charge in [0.1, 0.15) is 13.3 Å². The molecule has 0 aromatic rings. The summed E-state index contributed by atoms with van der Waals surface area (Å²) in [5, 5.41) is 0. The minimum Gasteiger partial charge on any atom is -0.254 e. The van der Waals surface area contributed by atoms with Crippen molar-refractivity contribution in [2.45, 2.75) is 13.8 Å². The van der Waals surface area contributed by atoms with Gasteiger partial charge in [-0.25, -0.2) is 0 Å². The molecule has 0 bridgehead atoms. The first kappa shape index (κ1) is 5.67. The predicted octanol–water partition coefficient (Wildman–Crippen LogP) is -0.576. The van der Waals surface area contributed by atoms with Crippen molar-refractivity contribution in [3.8, 4) is 0 Å².